The van der Waals surface area contributed by atoms with Gasteiger partial charge < -0.3 is 9.47 Å². The molecule has 1 aliphatic heterocycles. The Labute approximate surface area is 159 Å². The highest BCUT2D eigenvalue weighted by atomic mass is 32.2. The standard InChI is InChI=1S/C18H19N3OS3/c1-13-16(25-18(19-13)21-7-2-3-8-21)17(22)20-9-6-15(24-12-10-20)14-5-4-11-23-14/h2-5,7-8,11,15H,6,9-10,12H2,1H3/t15-/m0/s1. The van der Waals surface area contributed by atoms with Crippen molar-refractivity contribution in [3.63, 3.8) is 0 Å². The van der Waals surface area contributed by atoms with Gasteiger partial charge in [0.2, 0.25) is 0 Å². The zero-order valence-corrected chi connectivity index (χ0v) is 16.4. The number of amides is 1. The lowest BCUT2D eigenvalue weighted by molar-refractivity contribution is 0.0770. The zero-order chi connectivity index (χ0) is 17.2. The van der Waals surface area contributed by atoms with Gasteiger partial charge in [-0.3, -0.25) is 4.79 Å². The molecule has 0 N–H and O–H groups in total. The highest BCUT2D eigenvalue weighted by Gasteiger charge is 2.26. The summed E-state index contributed by atoms with van der Waals surface area (Å²) >= 11 is 5.26. The predicted octanol–water partition coefficient (Wildman–Crippen LogP) is 4.62. The van der Waals surface area contributed by atoms with Crippen LogP contribution in [0.15, 0.2) is 42.0 Å². The fraction of sp³-hybridized carbons (Fsp3) is 0.333. The molecule has 1 aliphatic rings. The number of thiophene rings is 1. The molecule has 4 nitrogen and oxygen atoms in total. The van der Waals surface area contributed by atoms with Gasteiger partial charge in [0, 0.05) is 41.4 Å². The molecule has 1 amide bonds. The van der Waals surface area contributed by atoms with E-state index in [1.807, 2.05) is 64.0 Å². The second-order valence-corrected chi connectivity index (χ2v) is 9.22. The largest absolute Gasteiger partial charge is 0.337 e. The minimum absolute atomic E-state index is 0.126. The average molecular weight is 390 g/mol. The molecule has 0 saturated carbocycles. The molecule has 0 spiro atoms. The number of nitrogens with zero attached hydrogens (tertiary/aromatic N) is 3. The van der Waals surface area contributed by atoms with Gasteiger partial charge in [0.15, 0.2) is 5.13 Å². The molecule has 0 aromatic carbocycles. The summed E-state index contributed by atoms with van der Waals surface area (Å²) in [4.78, 5) is 21.8. The van der Waals surface area contributed by atoms with Gasteiger partial charge in [0.05, 0.1) is 5.69 Å². The monoisotopic (exact) mass is 389 g/mol. The lowest BCUT2D eigenvalue weighted by Gasteiger charge is -2.19. The van der Waals surface area contributed by atoms with Crippen molar-refractivity contribution in [2.45, 2.75) is 18.6 Å². The fourth-order valence-electron chi connectivity index (χ4n) is 2.97. The summed E-state index contributed by atoms with van der Waals surface area (Å²) in [7, 11) is 0. The topological polar surface area (TPSA) is 38.1 Å². The van der Waals surface area contributed by atoms with Crippen LogP contribution in [-0.4, -0.2) is 39.2 Å². The van der Waals surface area contributed by atoms with E-state index < -0.39 is 0 Å². The predicted molar refractivity (Wildman–Crippen MR) is 106 cm³/mol. The molecule has 4 heterocycles. The van der Waals surface area contributed by atoms with Crippen LogP contribution < -0.4 is 0 Å². The quantitative estimate of drug-likeness (QED) is 0.656. The van der Waals surface area contributed by atoms with Gasteiger partial charge in [-0.2, -0.15) is 11.8 Å². The summed E-state index contributed by atoms with van der Waals surface area (Å²) in [6, 6.07) is 8.25. The van der Waals surface area contributed by atoms with Crippen molar-refractivity contribution in [3.8, 4) is 5.13 Å². The van der Waals surface area contributed by atoms with Gasteiger partial charge in [-0.25, -0.2) is 4.98 Å². The van der Waals surface area contributed by atoms with Crippen molar-refractivity contribution in [1.82, 2.24) is 14.5 Å². The Bertz CT molecular complexity index is 839. The van der Waals surface area contributed by atoms with E-state index in [-0.39, 0.29) is 5.91 Å². The number of hydrogen-bond donors (Lipinski definition) is 0. The van der Waals surface area contributed by atoms with Gasteiger partial charge >= 0.3 is 0 Å². The number of aromatic nitrogens is 2. The molecule has 3 aromatic rings. The first-order chi connectivity index (χ1) is 12.2. The van der Waals surface area contributed by atoms with E-state index in [1.54, 1.807) is 0 Å². The van der Waals surface area contributed by atoms with Gasteiger partial charge in [-0.15, -0.1) is 11.3 Å². The van der Waals surface area contributed by atoms with Crippen LogP contribution in [0.2, 0.25) is 0 Å². The third-order valence-electron chi connectivity index (χ3n) is 4.29. The maximum Gasteiger partial charge on any atom is 0.265 e. The van der Waals surface area contributed by atoms with Crippen molar-refractivity contribution < 1.29 is 4.79 Å². The van der Waals surface area contributed by atoms with Crippen LogP contribution >= 0.6 is 34.4 Å². The molecule has 3 aromatic heterocycles. The third kappa shape index (κ3) is 3.54. The van der Waals surface area contributed by atoms with Gasteiger partial charge in [-0.1, -0.05) is 17.4 Å². The molecule has 25 heavy (non-hydrogen) atoms. The van der Waals surface area contributed by atoms with E-state index in [1.165, 1.54) is 16.2 Å². The normalized spacial score (nSPS) is 18.3. The molecule has 7 heteroatoms. The molecular weight excluding hydrogens is 370 g/mol. The molecule has 4 rings (SSSR count). The van der Waals surface area contributed by atoms with Crippen molar-refractivity contribution in [3.05, 3.63) is 57.5 Å². The van der Waals surface area contributed by atoms with Crippen molar-refractivity contribution in [2.24, 2.45) is 0 Å². The Hall–Kier alpha value is -1.57. The Balaban J connectivity index is 1.49. The highest BCUT2D eigenvalue weighted by Crippen LogP contribution is 2.37. The number of rotatable bonds is 3. The second kappa shape index (κ2) is 7.35. The van der Waals surface area contributed by atoms with Crippen LogP contribution in [0.3, 0.4) is 0 Å². The van der Waals surface area contributed by atoms with E-state index in [4.69, 9.17) is 0 Å². The Morgan fingerprint density at radius 1 is 1.24 bits per heavy atom. The number of aryl methyl sites for hydroxylation is 1. The lowest BCUT2D eigenvalue weighted by Crippen LogP contribution is -2.32. The summed E-state index contributed by atoms with van der Waals surface area (Å²) in [5, 5.41) is 3.50. The smallest absolute Gasteiger partial charge is 0.265 e. The van der Waals surface area contributed by atoms with Crippen LogP contribution in [-0.2, 0) is 0 Å². The summed E-state index contributed by atoms with van der Waals surface area (Å²) < 4.78 is 1.96. The Kier molecular flexibility index (Phi) is 4.96. The molecule has 130 valence electrons. The molecule has 0 radical (unpaired) electrons. The van der Waals surface area contributed by atoms with Crippen LogP contribution in [0.4, 0.5) is 0 Å². The molecular formula is C18H19N3OS3. The maximum absolute atomic E-state index is 13.0. The van der Waals surface area contributed by atoms with Crippen LogP contribution in [0.25, 0.3) is 5.13 Å². The van der Waals surface area contributed by atoms with Crippen molar-refractivity contribution in [2.75, 3.05) is 18.8 Å². The number of carbonyl (C=O) groups is 1. The molecule has 1 atom stereocenters. The van der Waals surface area contributed by atoms with Gasteiger partial charge in [0.1, 0.15) is 4.88 Å². The molecule has 1 fully saturated rings. The SMILES string of the molecule is Cc1nc(-n2cccc2)sc1C(=O)N1CCS[C@H](c2cccs2)CC1. The minimum atomic E-state index is 0.126. The van der Waals surface area contributed by atoms with E-state index in [0.29, 0.717) is 5.25 Å². The molecule has 1 saturated heterocycles. The number of thioether (sulfide) groups is 1. The molecule has 0 unspecified atom stereocenters. The van der Waals surface area contributed by atoms with Gasteiger partial charge in [0.25, 0.3) is 5.91 Å². The van der Waals surface area contributed by atoms with Crippen LogP contribution in [0.5, 0.6) is 0 Å². The van der Waals surface area contributed by atoms with Crippen LogP contribution in [0, 0.1) is 6.92 Å². The number of hydrogen-bond acceptors (Lipinski definition) is 5. The zero-order valence-electron chi connectivity index (χ0n) is 13.9. The van der Waals surface area contributed by atoms with Crippen LogP contribution in [0.1, 0.15) is 31.9 Å². The van der Waals surface area contributed by atoms with E-state index >= 15 is 0 Å². The maximum atomic E-state index is 13.0. The van der Waals surface area contributed by atoms with E-state index in [9.17, 15) is 4.79 Å². The first kappa shape index (κ1) is 16.9. The van der Waals surface area contributed by atoms with Crippen molar-refractivity contribution in [1.29, 1.82) is 0 Å². The van der Waals surface area contributed by atoms with E-state index in [2.05, 4.69) is 22.5 Å². The lowest BCUT2D eigenvalue weighted by atomic mass is 10.2. The average Bonchev–Trinajstić information content (AvgIpc) is 3.34. The Morgan fingerprint density at radius 2 is 2.08 bits per heavy atom. The highest BCUT2D eigenvalue weighted by molar-refractivity contribution is 7.99. The first-order valence-electron chi connectivity index (χ1n) is 8.27. The summed E-state index contributed by atoms with van der Waals surface area (Å²) in [5.74, 6) is 1.11. The number of thiazole rings is 1. The fourth-order valence-corrected chi connectivity index (χ4v) is 6.21. The third-order valence-corrected chi connectivity index (χ3v) is 7.90. The molecule has 0 aliphatic carbocycles. The summed E-state index contributed by atoms with van der Waals surface area (Å²) in [5.41, 5.74) is 0.824. The minimum Gasteiger partial charge on any atom is -0.337 e. The number of carbonyl (C=O) groups excluding carboxylic acids is 1. The summed E-state index contributed by atoms with van der Waals surface area (Å²) in [6.07, 6.45) is 4.93. The summed E-state index contributed by atoms with van der Waals surface area (Å²) in [6.45, 7) is 3.55. The van der Waals surface area contributed by atoms with E-state index in [0.717, 1.165) is 41.0 Å². The van der Waals surface area contributed by atoms with Gasteiger partial charge in [-0.05, 0) is 36.9 Å². The second-order valence-electron chi connectivity index (χ2n) is 5.96. The first-order valence-corrected chi connectivity index (χ1v) is 11.0. The molecule has 0 bridgehead atoms. The van der Waals surface area contributed by atoms with Crippen molar-refractivity contribution >= 4 is 40.3 Å². The Morgan fingerprint density at radius 3 is 2.84 bits per heavy atom.